The van der Waals surface area contributed by atoms with E-state index in [1.165, 1.54) is 11.3 Å². The molecule has 4 nitrogen and oxygen atoms in total. The number of nitrogens with zero attached hydrogens (tertiary/aromatic N) is 1. The molecule has 0 saturated heterocycles. The first-order chi connectivity index (χ1) is 9.69. The summed E-state index contributed by atoms with van der Waals surface area (Å²) in [5.41, 5.74) is 2.41. The highest BCUT2D eigenvalue weighted by Gasteiger charge is 2.08. The lowest BCUT2D eigenvalue weighted by Crippen LogP contribution is -2.24. The van der Waals surface area contributed by atoms with E-state index >= 15 is 0 Å². The minimum Gasteiger partial charge on any atom is -0.385 e. The Morgan fingerprint density at radius 1 is 1.20 bits per heavy atom. The van der Waals surface area contributed by atoms with E-state index in [4.69, 9.17) is 21.1 Å². The summed E-state index contributed by atoms with van der Waals surface area (Å²) in [7, 11) is 5.52. The number of benzene rings is 1. The predicted molar refractivity (Wildman–Crippen MR) is 84.8 cm³/mol. The van der Waals surface area contributed by atoms with Crippen LogP contribution in [0.3, 0.4) is 0 Å². The molecule has 0 unspecified atom stereocenters. The molecule has 1 aromatic rings. The number of anilines is 1. The van der Waals surface area contributed by atoms with E-state index < -0.39 is 0 Å². The molecule has 0 aliphatic heterocycles. The summed E-state index contributed by atoms with van der Waals surface area (Å²) >= 11 is 6.11. The first-order valence-electron chi connectivity index (χ1n) is 6.87. The molecule has 0 atom stereocenters. The van der Waals surface area contributed by atoms with Crippen LogP contribution in [0.1, 0.15) is 12.0 Å². The summed E-state index contributed by atoms with van der Waals surface area (Å²) < 4.78 is 10.1. The average molecular weight is 301 g/mol. The van der Waals surface area contributed by atoms with Crippen molar-refractivity contribution in [3.8, 4) is 0 Å². The molecule has 0 spiro atoms. The standard InChI is InChI=1S/C15H25ClN2O2/c1-18(8-4-9-19-2)15-11-14(16)6-5-13(15)12-17-7-10-20-3/h5-6,11,17H,4,7-10,12H2,1-3H3. The molecule has 0 aliphatic rings. The zero-order valence-electron chi connectivity index (χ0n) is 12.6. The van der Waals surface area contributed by atoms with Gasteiger partial charge in [0, 0.05) is 58.2 Å². The predicted octanol–water partition coefficient (Wildman–Crippen LogP) is 2.55. The van der Waals surface area contributed by atoms with E-state index in [1.54, 1.807) is 14.2 Å². The molecule has 1 N–H and O–H groups in total. The highest BCUT2D eigenvalue weighted by Crippen LogP contribution is 2.24. The third-order valence-corrected chi connectivity index (χ3v) is 3.33. The molecular weight excluding hydrogens is 276 g/mol. The summed E-state index contributed by atoms with van der Waals surface area (Å²) in [4.78, 5) is 2.22. The van der Waals surface area contributed by atoms with Crippen LogP contribution in [-0.2, 0) is 16.0 Å². The van der Waals surface area contributed by atoms with E-state index in [2.05, 4.69) is 23.3 Å². The van der Waals surface area contributed by atoms with Gasteiger partial charge in [-0.05, 0) is 24.1 Å². The molecule has 0 amide bonds. The number of methoxy groups -OCH3 is 2. The maximum Gasteiger partial charge on any atom is 0.0587 e. The second kappa shape index (κ2) is 10.00. The topological polar surface area (TPSA) is 33.7 Å². The lowest BCUT2D eigenvalue weighted by Gasteiger charge is -2.23. The minimum atomic E-state index is 0.715. The Morgan fingerprint density at radius 3 is 2.65 bits per heavy atom. The van der Waals surface area contributed by atoms with Gasteiger partial charge in [0.25, 0.3) is 0 Å². The first kappa shape index (κ1) is 17.2. The zero-order valence-corrected chi connectivity index (χ0v) is 13.4. The number of hydrogen-bond donors (Lipinski definition) is 1. The zero-order chi connectivity index (χ0) is 14.8. The molecule has 0 radical (unpaired) electrons. The van der Waals surface area contributed by atoms with Gasteiger partial charge in [0.2, 0.25) is 0 Å². The maximum absolute atomic E-state index is 6.11. The van der Waals surface area contributed by atoms with Gasteiger partial charge < -0.3 is 19.7 Å². The van der Waals surface area contributed by atoms with E-state index in [9.17, 15) is 0 Å². The van der Waals surface area contributed by atoms with Crippen LogP contribution < -0.4 is 10.2 Å². The molecule has 1 aromatic carbocycles. The van der Waals surface area contributed by atoms with Crippen molar-refractivity contribution in [2.24, 2.45) is 0 Å². The van der Waals surface area contributed by atoms with E-state index in [1.807, 2.05) is 12.1 Å². The van der Waals surface area contributed by atoms with Crippen molar-refractivity contribution in [3.05, 3.63) is 28.8 Å². The molecule has 0 saturated carbocycles. The SMILES string of the molecule is COCCCN(C)c1cc(Cl)ccc1CNCCOC. The van der Waals surface area contributed by atoms with Gasteiger partial charge in [0.05, 0.1) is 6.61 Å². The Labute approximate surface area is 127 Å². The van der Waals surface area contributed by atoms with Crippen molar-refractivity contribution >= 4 is 17.3 Å². The highest BCUT2D eigenvalue weighted by atomic mass is 35.5. The summed E-state index contributed by atoms with van der Waals surface area (Å²) in [6.07, 6.45) is 0.996. The van der Waals surface area contributed by atoms with Gasteiger partial charge in [0.15, 0.2) is 0 Å². The third-order valence-electron chi connectivity index (χ3n) is 3.10. The van der Waals surface area contributed by atoms with Crippen LogP contribution in [0.2, 0.25) is 5.02 Å². The van der Waals surface area contributed by atoms with E-state index in [-0.39, 0.29) is 0 Å². The van der Waals surface area contributed by atoms with Gasteiger partial charge in [-0.25, -0.2) is 0 Å². The fourth-order valence-corrected chi connectivity index (χ4v) is 2.17. The minimum absolute atomic E-state index is 0.715. The second-order valence-corrected chi connectivity index (χ2v) is 5.15. The van der Waals surface area contributed by atoms with Crippen molar-refractivity contribution < 1.29 is 9.47 Å². The van der Waals surface area contributed by atoms with Crippen LogP contribution in [-0.4, -0.2) is 47.6 Å². The van der Waals surface area contributed by atoms with Crippen molar-refractivity contribution in [1.82, 2.24) is 5.32 Å². The molecular formula is C15H25ClN2O2. The number of halogens is 1. The average Bonchev–Trinajstić information content (AvgIpc) is 2.45. The van der Waals surface area contributed by atoms with Crippen molar-refractivity contribution in [1.29, 1.82) is 0 Å². The quantitative estimate of drug-likeness (QED) is 0.673. The van der Waals surface area contributed by atoms with Crippen molar-refractivity contribution in [2.75, 3.05) is 52.5 Å². The third kappa shape index (κ3) is 6.09. The number of nitrogens with one attached hydrogen (secondary N) is 1. The fourth-order valence-electron chi connectivity index (χ4n) is 2.01. The van der Waals surface area contributed by atoms with Crippen LogP contribution >= 0.6 is 11.6 Å². The van der Waals surface area contributed by atoms with Gasteiger partial charge in [-0.3, -0.25) is 0 Å². The summed E-state index contributed by atoms with van der Waals surface area (Å²) in [5.74, 6) is 0. The lowest BCUT2D eigenvalue weighted by atomic mass is 10.1. The highest BCUT2D eigenvalue weighted by molar-refractivity contribution is 6.30. The van der Waals surface area contributed by atoms with Gasteiger partial charge in [-0.15, -0.1) is 0 Å². The fraction of sp³-hybridized carbons (Fsp3) is 0.600. The molecule has 20 heavy (non-hydrogen) atoms. The Morgan fingerprint density at radius 2 is 1.95 bits per heavy atom. The molecule has 0 bridgehead atoms. The first-order valence-corrected chi connectivity index (χ1v) is 7.25. The van der Waals surface area contributed by atoms with Crippen molar-refractivity contribution in [3.63, 3.8) is 0 Å². The van der Waals surface area contributed by atoms with Crippen LogP contribution in [0.15, 0.2) is 18.2 Å². The van der Waals surface area contributed by atoms with Crippen LogP contribution in [0.4, 0.5) is 5.69 Å². The molecule has 1 rings (SSSR count). The van der Waals surface area contributed by atoms with Crippen molar-refractivity contribution in [2.45, 2.75) is 13.0 Å². The number of hydrogen-bond acceptors (Lipinski definition) is 4. The summed E-state index contributed by atoms with van der Waals surface area (Å²) in [6, 6.07) is 6.02. The van der Waals surface area contributed by atoms with Gasteiger partial charge in [-0.1, -0.05) is 17.7 Å². The van der Waals surface area contributed by atoms with Gasteiger partial charge in [0.1, 0.15) is 0 Å². The Balaban J connectivity index is 2.63. The molecule has 114 valence electrons. The Bertz CT molecular complexity index is 388. The number of rotatable bonds is 10. The summed E-state index contributed by atoms with van der Waals surface area (Å²) in [5, 5.41) is 4.13. The Kier molecular flexibility index (Phi) is 8.62. The van der Waals surface area contributed by atoms with Crippen LogP contribution in [0.25, 0.3) is 0 Å². The summed E-state index contributed by atoms with van der Waals surface area (Å²) in [6.45, 7) is 4.08. The smallest absolute Gasteiger partial charge is 0.0587 e. The van der Waals surface area contributed by atoms with Gasteiger partial charge >= 0.3 is 0 Å². The van der Waals surface area contributed by atoms with Crippen LogP contribution in [0, 0.1) is 0 Å². The molecule has 0 fully saturated rings. The number of ether oxygens (including phenoxy) is 2. The lowest BCUT2D eigenvalue weighted by molar-refractivity contribution is 0.196. The monoisotopic (exact) mass is 300 g/mol. The molecule has 0 aromatic heterocycles. The maximum atomic E-state index is 6.11. The second-order valence-electron chi connectivity index (χ2n) is 4.71. The van der Waals surface area contributed by atoms with E-state index in [0.717, 1.165) is 37.7 Å². The Hall–Kier alpha value is -0.810. The normalized spacial score (nSPS) is 10.8. The molecule has 5 heteroatoms. The van der Waals surface area contributed by atoms with E-state index in [0.29, 0.717) is 6.61 Å². The molecule has 0 heterocycles. The van der Waals surface area contributed by atoms with Gasteiger partial charge in [-0.2, -0.15) is 0 Å². The largest absolute Gasteiger partial charge is 0.385 e. The van der Waals surface area contributed by atoms with Crippen LogP contribution in [0.5, 0.6) is 0 Å². The molecule has 0 aliphatic carbocycles.